The van der Waals surface area contributed by atoms with E-state index in [1.807, 2.05) is 26.0 Å². The van der Waals surface area contributed by atoms with Crippen LogP contribution in [0.4, 0.5) is 4.39 Å². The first-order valence-electron chi connectivity index (χ1n) is 7.16. The third-order valence-electron chi connectivity index (χ3n) is 3.49. The second kappa shape index (κ2) is 7.36. The summed E-state index contributed by atoms with van der Waals surface area (Å²) >= 11 is 5.95. The van der Waals surface area contributed by atoms with Gasteiger partial charge in [-0.05, 0) is 42.7 Å². The predicted molar refractivity (Wildman–Crippen MR) is 85.3 cm³/mol. The van der Waals surface area contributed by atoms with Crippen LogP contribution in [-0.4, -0.2) is 10.9 Å². The Kier molecular flexibility index (Phi) is 5.50. The van der Waals surface area contributed by atoms with Crippen molar-refractivity contribution in [1.29, 1.82) is 0 Å². The summed E-state index contributed by atoms with van der Waals surface area (Å²) in [5.41, 5.74) is 2.51. The molecule has 1 N–H and O–H groups in total. The average molecular weight is 321 g/mol. The number of hydrogen-bond acceptors (Lipinski definition) is 2. The number of amides is 1. The van der Waals surface area contributed by atoms with E-state index in [0.29, 0.717) is 5.56 Å². The summed E-state index contributed by atoms with van der Waals surface area (Å²) in [6, 6.07) is 7.73. The summed E-state index contributed by atoms with van der Waals surface area (Å²) in [4.78, 5) is 16.6. The smallest absolute Gasteiger partial charge is 0.225 e. The molecule has 1 aromatic heterocycles. The molecule has 1 atom stereocenters. The summed E-state index contributed by atoms with van der Waals surface area (Å²) in [6.07, 6.45) is 2.57. The first-order chi connectivity index (χ1) is 10.5. The molecular weight excluding hydrogens is 303 g/mol. The van der Waals surface area contributed by atoms with Gasteiger partial charge in [0.15, 0.2) is 0 Å². The Labute approximate surface area is 134 Å². The lowest BCUT2D eigenvalue weighted by atomic mass is 10.0. The van der Waals surface area contributed by atoms with Gasteiger partial charge < -0.3 is 5.32 Å². The van der Waals surface area contributed by atoms with Gasteiger partial charge in [-0.15, -0.1) is 0 Å². The first kappa shape index (κ1) is 16.4. The maximum absolute atomic E-state index is 13.0. The molecule has 0 bridgehead atoms. The van der Waals surface area contributed by atoms with Crippen LogP contribution < -0.4 is 5.32 Å². The van der Waals surface area contributed by atoms with Crippen LogP contribution in [0, 0.1) is 12.7 Å². The molecule has 116 valence electrons. The number of aromatic nitrogens is 1. The van der Waals surface area contributed by atoms with Crippen molar-refractivity contribution in [2.24, 2.45) is 0 Å². The van der Waals surface area contributed by atoms with Crippen molar-refractivity contribution < 1.29 is 9.18 Å². The SMILES string of the molecule is CCC(NC(=O)Cc1ccc(F)cc1Cl)c1ncccc1C. The van der Waals surface area contributed by atoms with E-state index >= 15 is 0 Å². The summed E-state index contributed by atoms with van der Waals surface area (Å²) in [7, 11) is 0. The minimum Gasteiger partial charge on any atom is -0.347 e. The second-order valence-electron chi connectivity index (χ2n) is 5.15. The molecule has 2 rings (SSSR count). The number of carbonyl (C=O) groups excluding carboxylic acids is 1. The predicted octanol–water partition coefficient (Wildman–Crippen LogP) is 3.99. The quantitative estimate of drug-likeness (QED) is 0.905. The fourth-order valence-corrected chi connectivity index (χ4v) is 2.54. The normalized spacial score (nSPS) is 12.0. The molecule has 5 heteroatoms. The van der Waals surface area contributed by atoms with Crippen molar-refractivity contribution >= 4 is 17.5 Å². The first-order valence-corrected chi connectivity index (χ1v) is 7.54. The van der Waals surface area contributed by atoms with Crippen molar-refractivity contribution in [3.8, 4) is 0 Å². The molecular formula is C17H18ClFN2O. The maximum Gasteiger partial charge on any atom is 0.225 e. The molecule has 3 nitrogen and oxygen atoms in total. The van der Waals surface area contributed by atoms with Gasteiger partial charge in [0, 0.05) is 11.2 Å². The third-order valence-corrected chi connectivity index (χ3v) is 3.84. The Morgan fingerprint density at radius 2 is 2.18 bits per heavy atom. The van der Waals surface area contributed by atoms with Gasteiger partial charge in [0.05, 0.1) is 18.2 Å². The number of hydrogen-bond donors (Lipinski definition) is 1. The molecule has 1 amide bonds. The van der Waals surface area contributed by atoms with E-state index in [1.165, 1.54) is 18.2 Å². The van der Waals surface area contributed by atoms with Gasteiger partial charge in [-0.2, -0.15) is 0 Å². The van der Waals surface area contributed by atoms with Crippen LogP contribution in [0.15, 0.2) is 36.5 Å². The third kappa shape index (κ3) is 4.04. The fraction of sp³-hybridized carbons (Fsp3) is 0.294. The molecule has 22 heavy (non-hydrogen) atoms. The van der Waals surface area contributed by atoms with Gasteiger partial charge in [0.2, 0.25) is 5.91 Å². The number of benzene rings is 1. The summed E-state index contributed by atoms with van der Waals surface area (Å²) in [5, 5.41) is 3.22. The van der Waals surface area contributed by atoms with Crippen LogP contribution in [0.2, 0.25) is 5.02 Å². The molecule has 0 saturated carbocycles. The van der Waals surface area contributed by atoms with E-state index in [0.717, 1.165) is 17.7 Å². The largest absolute Gasteiger partial charge is 0.347 e. The number of carbonyl (C=O) groups is 1. The van der Waals surface area contributed by atoms with E-state index in [2.05, 4.69) is 10.3 Å². The molecule has 0 aliphatic rings. The van der Waals surface area contributed by atoms with Crippen molar-refractivity contribution in [3.05, 3.63) is 64.2 Å². The van der Waals surface area contributed by atoms with E-state index in [1.54, 1.807) is 6.20 Å². The number of halogens is 2. The summed E-state index contributed by atoms with van der Waals surface area (Å²) in [5.74, 6) is -0.574. The van der Waals surface area contributed by atoms with Crippen molar-refractivity contribution in [2.45, 2.75) is 32.7 Å². The highest BCUT2D eigenvalue weighted by molar-refractivity contribution is 6.31. The van der Waals surface area contributed by atoms with Crippen molar-refractivity contribution in [2.75, 3.05) is 0 Å². The highest BCUT2D eigenvalue weighted by Crippen LogP contribution is 2.20. The van der Waals surface area contributed by atoms with Gasteiger partial charge in [0.25, 0.3) is 0 Å². The van der Waals surface area contributed by atoms with Gasteiger partial charge in [-0.25, -0.2) is 4.39 Å². The summed E-state index contributed by atoms with van der Waals surface area (Å²) in [6.45, 7) is 3.96. The number of rotatable bonds is 5. The zero-order valence-corrected chi connectivity index (χ0v) is 13.3. The van der Waals surface area contributed by atoms with Crippen LogP contribution in [0.1, 0.15) is 36.2 Å². The lowest BCUT2D eigenvalue weighted by Gasteiger charge is -2.18. The maximum atomic E-state index is 13.0. The molecule has 1 unspecified atom stereocenters. The topological polar surface area (TPSA) is 42.0 Å². The molecule has 2 aromatic rings. The van der Waals surface area contributed by atoms with E-state index in [-0.39, 0.29) is 23.4 Å². The zero-order valence-electron chi connectivity index (χ0n) is 12.6. The van der Waals surface area contributed by atoms with Crippen molar-refractivity contribution in [3.63, 3.8) is 0 Å². The Hall–Kier alpha value is -1.94. The van der Waals surface area contributed by atoms with Crippen LogP contribution in [0.25, 0.3) is 0 Å². The number of nitrogens with zero attached hydrogens (tertiary/aromatic N) is 1. The second-order valence-corrected chi connectivity index (χ2v) is 5.55. The van der Waals surface area contributed by atoms with Gasteiger partial charge in [-0.3, -0.25) is 9.78 Å². The highest BCUT2D eigenvalue weighted by Gasteiger charge is 2.16. The standard InChI is InChI=1S/C17H18ClFN2O/c1-3-15(17-11(2)5-4-8-20-17)21-16(22)9-12-6-7-13(19)10-14(12)18/h4-8,10,15H,3,9H2,1-2H3,(H,21,22). The Bertz CT molecular complexity index is 675. The molecule has 1 heterocycles. The lowest BCUT2D eigenvalue weighted by molar-refractivity contribution is -0.121. The molecule has 0 saturated heterocycles. The van der Waals surface area contributed by atoms with Gasteiger partial charge in [-0.1, -0.05) is 30.7 Å². The van der Waals surface area contributed by atoms with Crippen LogP contribution in [0.3, 0.4) is 0 Å². The Morgan fingerprint density at radius 1 is 1.41 bits per heavy atom. The lowest BCUT2D eigenvalue weighted by Crippen LogP contribution is -2.30. The molecule has 0 fully saturated rings. The Balaban J connectivity index is 2.08. The monoisotopic (exact) mass is 320 g/mol. The minimum absolute atomic E-state index is 0.113. The molecule has 0 aliphatic carbocycles. The highest BCUT2D eigenvalue weighted by atomic mass is 35.5. The molecule has 0 radical (unpaired) electrons. The van der Waals surface area contributed by atoms with E-state index in [9.17, 15) is 9.18 Å². The number of aryl methyl sites for hydroxylation is 1. The Morgan fingerprint density at radius 3 is 2.82 bits per heavy atom. The van der Waals surface area contributed by atoms with Crippen molar-refractivity contribution in [1.82, 2.24) is 10.3 Å². The number of nitrogens with one attached hydrogen (secondary N) is 1. The average Bonchev–Trinajstić information content (AvgIpc) is 2.48. The fourth-order valence-electron chi connectivity index (χ4n) is 2.31. The minimum atomic E-state index is -0.412. The molecule has 0 aliphatic heterocycles. The van der Waals surface area contributed by atoms with E-state index in [4.69, 9.17) is 11.6 Å². The van der Waals surface area contributed by atoms with E-state index < -0.39 is 5.82 Å². The summed E-state index contributed by atoms with van der Waals surface area (Å²) < 4.78 is 13.0. The molecule has 1 aromatic carbocycles. The van der Waals surface area contributed by atoms with Gasteiger partial charge in [0.1, 0.15) is 5.82 Å². The van der Waals surface area contributed by atoms with Crippen LogP contribution in [0.5, 0.6) is 0 Å². The van der Waals surface area contributed by atoms with Gasteiger partial charge >= 0.3 is 0 Å². The zero-order chi connectivity index (χ0) is 16.1. The molecule has 0 spiro atoms. The number of pyridine rings is 1. The van der Waals surface area contributed by atoms with Crippen LogP contribution in [-0.2, 0) is 11.2 Å². The van der Waals surface area contributed by atoms with Crippen LogP contribution >= 0.6 is 11.6 Å².